The molecule has 0 radical (unpaired) electrons. The van der Waals surface area contributed by atoms with Crippen LogP contribution in [0.3, 0.4) is 0 Å². The van der Waals surface area contributed by atoms with Crippen molar-refractivity contribution in [3.8, 4) is 0 Å². The lowest BCUT2D eigenvalue weighted by Crippen LogP contribution is -3.12. The summed E-state index contributed by atoms with van der Waals surface area (Å²) in [6.45, 7) is 6.48. The molecule has 140 valence electrons. The minimum absolute atomic E-state index is 0.141. The average Bonchev–Trinajstić information content (AvgIpc) is 3.02. The maximum absolute atomic E-state index is 12.3. The lowest BCUT2D eigenvalue weighted by Gasteiger charge is -2.30. The van der Waals surface area contributed by atoms with Crippen LogP contribution in [0.15, 0.2) is 46.9 Å². The molecule has 3 rings (SSSR count). The standard InChI is InChI=1S/C21H29N3O2/c1-17-8-9-20(26-17)15-23(2)16-21(25)22-19-10-12-24(13-11-19)14-18-6-4-3-5-7-18/h3-9,19H,10-16H2,1-2H3,(H,22,25)/p+2. The summed E-state index contributed by atoms with van der Waals surface area (Å²) >= 11 is 0. The van der Waals surface area contributed by atoms with E-state index in [1.807, 2.05) is 26.1 Å². The molecular formula is C21H31N3O2+2. The summed E-state index contributed by atoms with van der Waals surface area (Å²) in [5.41, 5.74) is 1.39. The van der Waals surface area contributed by atoms with Gasteiger partial charge in [-0.15, -0.1) is 0 Å². The third-order valence-corrected chi connectivity index (χ3v) is 5.09. The first-order valence-corrected chi connectivity index (χ1v) is 9.62. The fraction of sp³-hybridized carbons (Fsp3) is 0.476. The first-order valence-electron chi connectivity index (χ1n) is 9.62. The zero-order valence-corrected chi connectivity index (χ0v) is 15.9. The third-order valence-electron chi connectivity index (χ3n) is 5.09. The van der Waals surface area contributed by atoms with Crippen molar-refractivity contribution in [1.29, 1.82) is 0 Å². The molecule has 1 aromatic carbocycles. The van der Waals surface area contributed by atoms with Crippen molar-refractivity contribution < 1.29 is 19.0 Å². The molecule has 1 aromatic heterocycles. The molecule has 5 heteroatoms. The highest BCUT2D eigenvalue weighted by Crippen LogP contribution is 2.04. The van der Waals surface area contributed by atoms with E-state index in [1.165, 1.54) is 5.56 Å². The normalized spacial score (nSPS) is 21.3. The van der Waals surface area contributed by atoms with Crippen LogP contribution >= 0.6 is 0 Å². The van der Waals surface area contributed by atoms with Gasteiger partial charge in [0.25, 0.3) is 5.91 Å². The first kappa shape index (κ1) is 18.7. The van der Waals surface area contributed by atoms with Gasteiger partial charge in [-0.25, -0.2) is 0 Å². The smallest absolute Gasteiger partial charge is 0.275 e. The van der Waals surface area contributed by atoms with Crippen molar-refractivity contribution in [2.24, 2.45) is 0 Å². The Morgan fingerprint density at radius 2 is 1.92 bits per heavy atom. The van der Waals surface area contributed by atoms with Crippen molar-refractivity contribution in [3.63, 3.8) is 0 Å². The summed E-state index contributed by atoms with van der Waals surface area (Å²) in [5.74, 6) is 2.00. The molecule has 3 N–H and O–H groups in total. The summed E-state index contributed by atoms with van der Waals surface area (Å²) < 4.78 is 5.59. The molecule has 0 spiro atoms. The Balaban J connectivity index is 1.36. The van der Waals surface area contributed by atoms with Crippen LogP contribution in [-0.4, -0.2) is 38.6 Å². The Kier molecular flexibility index (Phi) is 6.47. The van der Waals surface area contributed by atoms with E-state index < -0.39 is 0 Å². The van der Waals surface area contributed by atoms with Gasteiger partial charge in [0.05, 0.1) is 20.1 Å². The molecule has 1 aliphatic heterocycles. The second kappa shape index (κ2) is 9.01. The lowest BCUT2D eigenvalue weighted by molar-refractivity contribution is -0.918. The van der Waals surface area contributed by atoms with Gasteiger partial charge in [0.15, 0.2) is 12.3 Å². The highest BCUT2D eigenvalue weighted by atomic mass is 16.3. The first-order chi connectivity index (χ1) is 12.6. The van der Waals surface area contributed by atoms with Gasteiger partial charge in [0.2, 0.25) is 0 Å². The number of likely N-dealkylation sites (N-methyl/N-ethyl adjacent to an activating group) is 1. The van der Waals surface area contributed by atoms with Crippen LogP contribution in [0.25, 0.3) is 0 Å². The molecule has 5 nitrogen and oxygen atoms in total. The summed E-state index contributed by atoms with van der Waals surface area (Å²) in [5, 5.41) is 3.22. The third kappa shape index (κ3) is 5.71. The Labute approximate surface area is 156 Å². The number of aryl methyl sites for hydroxylation is 1. The predicted octanol–water partition coefficient (Wildman–Crippen LogP) is -0.0336. The Bertz CT molecular complexity index is 690. The van der Waals surface area contributed by atoms with Crippen LogP contribution in [0.5, 0.6) is 0 Å². The van der Waals surface area contributed by atoms with Crippen LogP contribution < -0.4 is 15.1 Å². The molecule has 1 amide bonds. The van der Waals surface area contributed by atoms with Crippen molar-refractivity contribution in [3.05, 3.63) is 59.5 Å². The fourth-order valence-electron chi connectivity index (χ4n) is 3.72. The summed E-state index contributed by atoms with van der Waals surface area (Å²) in [6, 6.07) is 14.9. The quantitative estimate of drug-likeness (QED) is 0.652. The lowest BCUT2D eigenvalue weighted by atomic mass is 10.0. The SMILES string of the molecule is Cc1ccc(C[NH+](C)CC(=O)NC2CC[NH+](Cc3ccccc3)CC2)o1. The molecule has 1 fully saturated rings. The highest BCUT2D eigenvalue weighted by molar-refractivity contribution is 5.77. The van der Waals surface area contributed by atoms with E-state index in [9.17, 15) is 4.79 Å². The van der Waals surface area contributed by atoms with Crippen molar-refractivity contribution >= 4 is 5.91 Å². The average molecular weight is 357 g/mol. The summed E-state index contributed by atoms with van der Waals surface area (Å²) in [7, 11) is 2.03. The number of nitrogens with one attached hydrogen (secondary N) is 3. The van der Waals surface area contributed by atoms with E-state index in [0.29, 0.717) is 12.6 Å². The molecule has 2 heterocycles. The fourth-order valence-corrected chi connectivity index (χ4v) is 3.72. The van der Waals surface area contributed by atoms with Crippen molar-refractivity contribution in [2.75, 3.05) is 26.7 Å². The van der Waals surface area contributed by atoms with E-state index in [-0.39, 0.29) is 5.91 Å². The number of amides is 1. The number of hydrogen-bond donors (Lipinski definition) is 3. The molecule has 26 heavy (non-hydrogen) atoms. The van der Waals surface area contributed by atoms with Gasteiger partial charge in [0.1, 0.15) is 18.8 Å². The van der Waals surface area contributed by atoms with E-state index in [0.717, 1.165) is 55.4 Å². The molecule has 1 aliphatic rings. The number of rotatable bonds is 7. The van der Waals surface area contributed by atoms with Gasteiger partial charge in [-0.05, 0) is 19.1 Å². The molecule has 2 aromatic rings. The van der Waals surface area contributed by atoms with Crippen LogP contribution in [0.4, 0.5) is 0 Å². The molecule has 1 saturated heterocycles. The molecule has 1 unspecified atom stereocenters. The Morgan fingerprint density at radius 3 is 2.58 bits per heavy atom. The van der Waals surface area contributed by atoms with Crippen molar-refractivity contribution in [1.82, 2.24) is 5.32 Å². The zero-order valence-electron chi connectivity index (χ0n) is 15.9. The zero-order chi connectivity index (χ0) is 18.4. The van der Waals surface area contributed by atoms with Crippen LogP contribution in [0, 0.1) is 6.92 Å². The van der Waals surface area contributed by atoms with Gasteiger partial charge < -0.3 is 19.5 Å². The van der Waals surface area contributed by atoms with Crippen LogP contribution in [0.1, 0.15) is 29.9 Å². The van der Waals surface area contributed by atoms with Gasteiger partial charge in [-0.2, -0.15) is 0 Å². The van der Waals surface area contributed by atoms with Crippen LogP contribution in [0.2, 0.25) is 0 Å². The maximum atomic E-state index is 12.3. The Hall–Kier alpha value is -2.11. The van der Waals surface area contributed by atoms with Gasteiger partial charge in [-0.1, -0.05) is 30.3 Å². The number of piperidine rings is 1. The van der Waals surface area contributed by atoms with Gasteiger partial charge in [0, 0.05) is 24.4 Å². The largest absolute Gasteiger partial charge is 0.460 e. The molecule has 0 bridgehead atoms. The highest BCUT2D eigenvalue weighted by Gasteiger charge is 2.24. The monoisotopic (exact) mass is 357 g/mol. The number of likely N-dealkylation sites (tertiary alicyclic amines) is 1. The number of benzene rings is 1. The molecular weight excluding hydrogens is 326 g/mol. The second-order valence-corrected chi connectivity index (χ2v) is 7.58. The number of carbonyl (C=O) groups is 1. The maximum Gasteiger partial charge on any atom is 0.275 e. The molecule has 0 aliphatic carbocycles. The molecule has 0 saturated carbocycles. The summed E-state index contributed by atoms with van der Waals surface area (Å²) in [4.78, 5) is 15.1. The van der Waals surface area contributed by atoms with E-state index in [1.54, 1.807) is 4.90 Å². The predicted molar refractivity (Wildman–Crippen MR) is 101 cm³/mol. The minimum atomic E-state index is 0.141. The number of furan rings is 1. The van der Waals surface area contributed by atoms with E-state index in [4.69, 9.17) is 4.42 Å². The number of hydrogen-bond acceptors (Lipinski definition) is 2. The minimum Gasteiger partial charge on any atom is -0.460 e. The number of quaternary nitrogens is 2. The topological polar surface area (TPSA) is 51.1 Å². The summed E-state index contributed by atoms with van der Waals surface area (Å²) in [6.07, 6.45) is 2.12. The van der Waals surface area contributed by atoms with Gasteiger partial charge >= 0.3 is 0 Å². The molecule has 1 atom stereocenters. The van der Waals surface area contributed by atoms with Gasteiger partial charge in [-0.3, -0.25) is 4.79 Å². The second-order valence-electron chi connectivity index (χ2n) is 7.58. The van der Waals surface area contributed by atoms with Crippen LogP contribution in [-0.2, 0) is 17.9 Å². The van der Waals surface area contributed by atoms with E-state index >= 15 is 0 Å². The van der Waals surface area contributed by atoms with Crippen molar-refractivity contribution in [2.45, 2.75) is 38.9 Å². The number of carbonyl (C=O) groups excluding carboxylic acids is 1. The Morgan fingerprint density at radius 1 is 1.19 bits per heavy atom. The van der Waals surface area contributed by atoms with E-state index in [2.05, 4.69) is 35.6 Å².